The van der Waals surface area contributed by atoms with Gasteiger partial charge in [-0.1, -0.05) is 15.9 Å². The smallest absolute Gasteiger partial charge is 0.337 e. The van der Waals surface area contributed by atoms with Gasteiger partial charge in [-0.05, 0) is 42.5 Å². The number of carbonyl (C=O) groups excluding carboxylic acids is 1. The SMILES string of the molecule is O=C(Nc1ccc(Br)cc1C(=O)O)c1ccc(O)cc1. The van der Waals surface area contributed by atoms with Crippen LogP contribution in [-0.2, 0) is 0 Å². The molecule has 5 nitrogen and oxygen atoms in total. The lowest BCUT2D eigenvalue weighted by atomic mass is 10.1. The second-order valence-electron chi connectivity index (χ2n) is 4.00. The van der Waals surface area contributed by atoms with E-state index in [1.807, 2.05) is 0 Å². The number of aromatic hydroxyl groups is 1. The lowest BCUT2D eigenvalue weighted by Gasteiger charge is -2.09. The van der Waals surface area contributed by atoms with E-state index < -0.39 is 11.9 Å². The zero-order valence-electron chi connectivity index (χ0n) is 10.1. The van der Waals surface area contributed by atoms with Gasteiger partial charge in [-0.15, -0.1) is 0 Å². The molecule has 0 aromatic heterocycles. The maximum Gasteiger partial charge on any atom is 0.337 e. The molecular weight excluding hydrogens is 326 g/mol. The summed E-state index contributed by atoms with van der Waals surface area (Å²) < 4.78 is 0.609. The molecule has 0 heterocycles. The first-order valence-corrected chi connectivity index (χ1v) is 6.40. The molecule has 2 aromatic carbocycles. The third-order valence-corrected chi connectivity index (χ3v) is 3.08. The van der Waals surface area contributed by atoms with Crippen molar-refractivity contribution in [2.45, 2.75) is 0 Å². The molecule has 0 fully saturated rings. The summed E-state index contributed by atoms with van der Waals surface area (Å²) in [5.74, 6) is -1.53. The zero-order valence-corrected chi connectivity index (χ0v) is 11.7. The number of anilines is 1. The van der Waals surface area contributed by atoms with Crippen molar-refractivity contribution in [3.05, 3.63) is 58.1 Å². The molecule has 20 heavy (non-hydrogen) atoms. The number of phenolic OH excluding ortho intramolecular Hbond substituents is 1. The molecule has 0 radical (unpaired) electrons. The lowest BCUT2D eigenvalue weighted by molar-refractivity contribution is 0.0698. The Morgan fingerprint density at radius 1 is 1.05 bits per heavy atom. The van der Waals surface area contributed by atoms with Crippen molar-refractivity contribution < 1.29 is 19.8 Å². The van der Waals surface area contributed by atoms with Crippen LogP contribution in [0, 0.1) is 0 Å². The summed E-state index contributed by atoms with van der Waals surface area (Å²) in [6.45, 7) is 0. The summed E-state index contributed by atoms with van der Waals surface area (Å²) in [5, 5.41) is 20.8. The van der Waals surface area contributed by atoms with Crippen LogP contribution < -0.4 is 5.32 Å². The summed E-state index contributed by atoms with van der Waals surface area (Å²) in [5.41, 5.74) is 0.521. The van der Waals surface area contributed by atoms with Crippen LogP contribution in [0.25, 0.3) is 0 Å². The zero-order chi connectivity index (χ0) is 14.7. The molecular formula is C14H10BrNO4. The van der Waals surface area contributed by atoms with Crippen LogP contribution in [0.1, 0.15) is 20.7 Å². The van der Waals surface area contributed by atoms with Crippen LogP contribution in [0.4, 0.5) is 5.69 Å². The Bertz CT molecular complexity index is 667. The van der Waals surface area contributed by atoms with Crippen LogP contribution >= 0.6 is 15.9 Å². The van der Waals surface area contributed by atoms with E-state index in [4.69, 9.17) is 10.2 Å². The van der Waals surface area contributed by atoms with E-state index in [2.05, 4.69) is 21.2 Å². The van der Waals surface area contributed by atoms with Crippen molar-refractivity contribution in [1.29, 1.82) is 0 Å². The van der Waals surface area contributed by atoms with E-state index >= 15 is 0 Å². The second-order valence-corrected chi connectivity index (χ2v) is 4.91. The summed E-state index contributed by atoms with van der Waals surface area (Å²) in [6.07, 6.45) is 0. The predicted molar refractivity (Wildman–Crippen MR) is 77.2 cm³/mol. The fourth-order valence-electron chi connectivity index (χ4n) is 1.61. The summed E-state index contributed by atoms with van der Waals surface area (Å²) in [6, 6.07) is 10.2. The first-order chi connectivity index (χ1) is 9.47. The maximum absolute atomic E-state index is 12.0. The highest BCUT2D eigenvalue weighted by Gasteiger charge is 2.14. The minimum absolute atomic E-state index is 0.00787. The minimum atomic E-state index is -1.13. The topological polar surface area (TPSA) is 86.6 Å². The minimum Gasteiger partial charge on any atom is -0.508 e. The quantitative estimate of drug-likeness (QED) is 0.804. The Hall–Kier alpha value is -2.34. The van der Waals surface area contributed by atoms with Crippen LogP contribution in [0.5, 0.6) is 5.75 Å². The largest absolute Gasteiger partial charge is 0.508 e. The number of hydrogen-bond acceptors (Lipinski definition) is 3. The number of nitrogens with one attached hydrogen (secondary N) is 1. The number of aromatic carboxylic acids is 1. The van der Waals surface area contributed by atoms with Crippen molar-refractivity contribution in [3.8, 4) is 5.75 Å². The molecule has 0 aliphatic heterocycles. The third kappa shape index (κ3) is 3.16. The molecule has 0 bridgehead atoms. The van der Waals surface area contributed by atoms with Crippen molar-refractivity contribution in [2.75, 3.05) is 5.32 Å². The van der Waals surface area contributed by atoms with Gasteiger partial charge in [0.25, 0.3) is 5.91 Å². The van der Waals surface area contributed by atoms with E-state index in [0.29, 0.717) is 10.0 Å². The molecule has 1 amide bonds. The number of carboxylic acids is 1. The number of amides is 1. The molecule has 102 valence electrons. The van der Waals surface area contributed by atoms with E-state index in [-0.39, 0.29) is 17.0 Å². The molecule has 0 saturated heterocycles. The van der Waals surface area contributed by atoms with Gasteiger partial charge < -0.3 is 15.5 Å². The van der Waals surface area contributed by atoms with Crippen LogP contribution in [0.3, 0.4) is 0 Å². The number of benzene rings is 2. The standard InChI is InChI=1S/C14H10BrNO4/c15-9-3-6-12(11(7-9)14(19)20)16-13(18)8-1-4-10(17)5-2-8/h1-7,17H,(H,16,18)(H,19,20). The second kappa shape index (κ2) is 5.75. The molecule has 0 saturated carbocycles. The normalized spacial score (nSPS) is 10.1. The summed E-state index contributed by atoms with van der Waals surface area (Å²) in [4.78, 5) is 23.1. The van der Waals surface area contributed by atoms with Crippen molar-refractivity contribution in [2.24, 2.45) is 0 Å². The van der Waals surface area contributed by atoms with Crippen LogP contribution in [-0.4, -0.2) is 22.1 Å². The maximum atomic E-state index is 12.0. The van der Waals surface area contributed by atoms with E-state index in [1.165, 1.54) is 36.4 Å². The Morgan fingerprint density at radius 2 is 1.70 bits per heavy atom. The third-order valence-electron chi connectivity index (χ3n) is 2.59. The number of halogens is 1. The predicted octanol–water partition coefficient (Wildman–Crippen LogP) is 3.11. The van der Waals surface area contributed by atoms with Crippen LogP contribution in [0.2, 0.25) is 0 Å². The lowest BCUT2D eigenvalue weighted by Crippen LogP contribution is -2.14. The van der Waals surface area contributed by atoms with Gasteiger partial charge in [-0.25, -0.2) is 4.79 Å². The summed E-state index contributed by atoms with van der Waals surface area (Å²) in [7, 11) is 0. The van der Waals surface area contributed by atoms with E-state index in [1.54, 1.807) is 6.07 Å². The van der Waals surface area contributed by atoms with Gasteiger partial charge in [0.1, 0.15) is 5.75 Å². The van der Waals surface area contributed by atoms with Crippen molar-refractivity contribution in [3.63, 3.8) is 0 Å². The number of phenols is 1. The first kappa shape index (κ1) is 14.1. The molecule has 0 aliphatic carbocycles. The molecule has 3 N–H and O–H groups in total. The molecule has 6 heteroatoms. The Morgan fingerprint density at radius 3 is 2.30 bits per heavy atom. The van der Waals surface area contributed by atoms with Crippen molar-refractivity contribution in [1.82, 2.24) is 0 Å². The van der Waals surface area contributed by atoms with Gasteiger partial charge in [0, 0.05) is 10.0 Å². The molecule has 0 unspecified atom stereocenters. The fourth-order valence-corrected chi connectivity index (χ4v) is 1.97. The molecule has 2 aromatic rings. The van der Waals surface area contributed by atoms with Gasteiger partial charge in [0.15, 0.2) is 0 Å². The summed E-state index contributed by atoms with van der Waals surface area (Å²) >= 11 is 3.18. The Balaban J connectivity index is 2.28. The monoisotopic (exact) mass is 335 g/mol. The highest BCUT2D eigenvalue weighted by molar-refractivity contribution is 9.10. The van der Waals surface area contributed by atoms with Gasteiger partial charge in [-0.3, -0.25) is 4.79 Å². The number of carbonyl (C=O) groups is 2. The number of rotatable bonds is 3. The van der Waals surface area contributed by atoms with Gasteiger partial charge in [-0.2, -0.15) is 0 Å². The average molecular weight is 336 g/mol. The van der Waals surface area contributed by atoms with E-state index in [9.17, 15) is 9.59 Å². The molecule has 0 atom stereocenters. The van der Waals surface area contributed by atoms with Gasteiger partial charge >= 0.3 is 5.97 Å². The highest BCUT2D eigenvalue weighted by Crippen LogP contribution is 2.22. The van der Waals surface area contributed by atoms with E-state index in [0.717, 1.165) is 0 Å². The highest BCUT2D eigenvalue weighted by atomic mass is 79.9. The van der Waals surface area contributed by atoms with Gasteiger partial charge in [0.05, 0.1) is 11.3 Å². The fraction of sp³-hybridized carbons (Fsp3) is 0. The molecule has 0 spiro atoms. The molecule has 2 rings (SSSR count). The number of carboxylic acid groups (broad SMARTS) is 1. The Labute approximate surface area is 123 Å². The van der Waals surface area contributed by atoms with Crippen molar-refractivity contribution >= 4 is 33.5 Å². The Kier molecular flexibility index (Phi) is 4.05. The first-order valence-electron chi connectivity index (χ1n) is 5.60. The van der Waals surface area contributed by atoms with Crippen LogP contribution in [0.15, 0.2) is 46.9 Å². The molecule has 0 aliphatic rings. The average Bonchev–Trinajstić information content (AvgIpc) is 2.41. The van der Waals surface area contributed by atoms with Gasteiger partial charge in [0.2, 0.25) is 0 Å². The number of hydrogen-bond donors (Lipinski definition) is 3.